The van der Waals surface area contributed by atoms with Crippen LogP contribution in [0.2, 0.25) is 0 Å². The molecule has 2 saturated heterocycles. The zero-order valence-electron chi connectivity index (χ0n) is 16.0. The molecule has 142 valence electrons. The molecule has 5 heteroatoms. The molecular formula is C21H31N3O2. The van der Waals surface area contributed by atoms with E-state index in [0.29, 0.717) is 25.3 Å². The van der Waals surface area contributed by atoms with E-state index in [-0.39, 0.29) is 17.9 Å². The minimum atomic E-state index is -0.280. The van der Waals surface area contributed by atoms with Crippen molar-refractivity contribution in [2.75, 3.05) is 26.7 Å². The number of carbonyl (C=O) groups excluding carboxylic acids is 2. The van der Waals surface area contributed by atoms with Gasteiger partial charge in [-0.15, -0.1) is 0 Å². The number of hydrogen-bond acceptors (Lipinski definition) is 3. The summed E-state index contributed by atoms with van der Waals surface area (Å²) < 4.78 is 0. The summed E-state index contributed by atoms with van der Waals surface area (Å²) in [5.74, 6) is 0.961. The SMILES string of the molecule is CNCCC1CCN(C(=O)C2CCC(=O)N2Cc2ccc(C)cc2)CC1. The van der Waals surface area contributed by atoms with E-state index in [9.17, 15) is 9.59 Å². The summed E-state index contributed by atoms with van der Waals surface area (Å²) in [7, 11) is 1.98. The van der Waals surface area contributed by atoms with E-state index in [1.807, 2.05) is 11.9 Å². The number of likely N-dealkylation sites (tertiary alicyclic amines) is 2. The second kappa shape index (κ2) is 8.67. The van der Waals surface area contributed by atoms with Crippen LogP contribution in [0.4, 0.5) is 0 Å². The maximum absolute atomic E-state index is 13.0. The lowest BCUT2D eigenvalue weighted by Gasteiger charge is -2.35. The minimum Gasteiger partial charge on any atom is -0.341 e. The molecule has 1 N–H and O–H groups in total. The number of rotatable bonds is 6. The number of nitrogens with zero attached hydrogens (tertiary/aromatic N) is 2. The van der Waals surface area contributed by atoms with E-state index in [0.717, 1.165) is 38.0 Å². The molecule has 2 amide bonds. The van der Waals surface area contributed by atoms with E-state index < -0.39 is 0 Å². The van der Waals surface area contributed by atoms with Crippen molar-refractivity contribution in [3.8, 4) is 0 Å². The number of nitrogens with one attached hydrogen (secondary N) is 1. The molecule has 2 heterocycles. The molecule has 0 radical (unpaired) electrons. The fourth-order valence-electron chi connectivity index (χ4n) is 4.08. The fraction of sp³-hybridized carbons (Fsp3) is 0.619. The van der Waals surface area contributed by atoms with Gasteiger partial charge in [0.2, 0.25) is 11.8 Å². The Morgan fingerprint density at radius 1 is 1.15 bits per heavy atom. The third-order valence-electron chi connectivity index (χ3n) is 5.82. The highest BCUT2D eigenvalue weighted by Gasteiger charge is 2.38. The van der Waals surface area contributed by atoms with Crippen molar-refractivity contribution < 1.29 is 9.59 Å². The average molecular weight is 357 g/mol. The van der Waals surface area contributed by atoms with Gasteiger partial charge >= 0.3 is 0 Å². The molecule has 1 aromatic rings. The van der Waals surface area contributed by atoms with Gasteiger partial charge < -0.3 is 15.1 Å². The summed E-state index contributed by atoms with van der Waals surface area (Å²) in [6, 6.07) is 7.94. The van der Waals surface area contributed by atoms with Gasteiger partial charge in [0.15, 0.2) is 0 Å². The Bertz CT molecular complexity index is 621. The molecule has 1 unspecified atom stereocenters. The van der Waals surface area contributed by atoms with Gasteiger partial charge in [-0.25, -0.2) is 0 Å². The first-order chi connectivity index (χ1) is 12.6. The highest BCUT2D eigenvalue weighted by atomic mass is 16.2. The number of hydrogen-bond donors (Lipinski definition) is 1. The van der Waals surface area contributed by atoms with Gasteiger partial charge in [0.25, 0.3) is 0 Å². The third kappa shape index (κ3) is 4.44. The van der Waals surface area contributed by atoms with Crippen molar-refractivity contribution in [2.45, 2.75) is 51.6 Å². The van der Waals surface area contributed by atoms with Crippen LogP contribution in [0.15, 0.2) is 24.3 Å². The molecular weight excluding hydrogens is 326 g/mol. The van der Waals surface area contributed by atoms with Gasteiger partial charge in [-0.05, 0) is 57.7 Å². The van der Waals surface area contributed by atoms with Gasteiger partial charge in [0.1, 0.15) is 6.04 Å². The van der Waals surface area contributed by atoms with Gasteiger partial charge in [-0.3, -0.25) is 9.59 Å². The topological polar surface area (TPSA) is 52.7 Å². The Morgan fingerprint density at radius 3 is 2.50 bits per heavy atom. The van der Waals surface area contributed by atoms with E-state index in [2.05, 4.69) is 36.5 Å². The van der Waals surface area contributed by atoms with Gasteiger partial charge in [-0.1, -0.05) is 29.8 Å². The lowest BCUT2D eigenvalue weighted by Crippen LogP contribution is -2.49. The summed E-state index contributed by atoms with van der Waals surface area (Å²) in [5.41, 5.74) is 2.30. The molecule has 0 aliphatic carbocycles. The van der Waals surface area contributed by atoms with Crippen molar-refractivity contribution in [1.82, 2.24) is 15.1 Å². The zero-order chi connectivity index (χ0) is 18.5. The van der Waals surface area contributed by atoms with Crippen molar-refractivity contribution in [3.63, 3.8) is 0 Å². The molecule has 1 atom stereocenters. The average Bonchev–Trinajstić information content (AvgIpc) is 3.02. The maximum Gasteiger partial charge on any atom is 0.245 e. The van der Waals surface area contributed by atoms with Gasteiger partial charge in [0, 0.05) is 26.1 Å². The number of carbonyl (C=O) groups is 2. The van der Waals surface area contributed by atoms with Crippen LogP contribution < -0.4 is 5.32 Å². The molecule has 0 aromatic heterocycles. The van der Waals surface area contributed by atoms with Crippen LogP contribution in [0.3, 0.4) is 0 Å². The molecule has 2 aliphatic heterocycles. The second-order valence-corrected chi connectivity index (χ2v) is 7.72. The van der Waals surface area contributed by atoms with E-state index >= 15 is 0 Å². The van der Waals surface area contributed by atoms with Gasteiger partial charge in [0.05, 0.1) is 0 Å². The number of benzene rings is 1. The van der Waals surface area contributed by atoms with Crippen molar-refractivity contribution in [2.24, 2.45) is 5.92 Å². The Hall–Kier alpha value is -1.88. The summed E-state index contributed by atoms with van der Waals surface area (Å²) in [6.45, 7) is 5.29. The molecule has 1 aromatic carbocycles. The predicted molar refractivity (Wildman–Crippen MR) is 103 cm³/mol. The fourth-order valence-corrected chi connectivity index (χ4v) is 4.08. The minimum absolute atomic E-state index is 0.104. The van der Waals surface area contributed by atoms with Crippen LogP contribution in [0.25, 0.3) is 0 Å². The first-order valence-electron chi connectivity index (χ1n) is 9.87. The molecule has 5 nitrogen and oxygen atoms in total. The monoisotopic (exact) mass is 357 g/mol. The predicted octanol–water partition coefficient (Wildman–Crippen LogP) is 2.33. The Balaban J connectivity index is 1.59. The molecule has 2 fully saturated rings. The third-order valence-corrected chi connectivity index (χ3v) is 5.82. The maximum atomic E-state index is 13.0. The molecule has 2 aliphatic rings. The van der Waals surface area contributed by atoms with E-state index in [1.54, 1.807) is 4.90 Å². The highest BCUT2D eigenvalue weighted by Crippen LogP contribution is 2.26. The number of aryl methyl sites for hydroxylation is 1. The molecule has 0 bridgehead atoms. The van der Waals surface area contributed by atoms with Crippen molar-refractivity contribution >= 4 is 11.8 Å². The van der Waals surface area contributed by atoms with Crippen LogP contribution in [0.5, 0.6) is 0 Å². The molecule has 26 heavy (non-hydrogen) atoms. The summed E-state index contributed by atoms with van der Waals surface area (Å²) in [5, 5.41) is 3.21. The Morgan fingerprint density at radius 2 is 1.85 bits per heavy atom. The van der Waals surface area contributed by atoms with Crippen molar-refractivity contribution in [1.29, 1.82) is 0 Å². The van der Waals surface area contributed by atoms with Gasteiger partial charge in [-0.2, -0.15) is 0 Å². The number of amides is 2. The van der Waals surface area contributed by atoms with Crippen LogP contribution in [-0.4, -0.2) is 54.3 Å². The van der Waals surface area contributed by atoms with E-state index in [1.165, 1.54) is 12.0 Å². The summed E-state index contributed by atoms with van der Waals surface area (Å²) in [6.07, 6.45) is 4.47. The number of piperidine rings is 1. The van der Waals surface area contributed by atoms with E-state index in [4.69, 9.17) is 0 Å². The molecule has 0 spiro atoms. The summed E-state index contributed by atoms with van der Waals surface area (Å²) >= 11 is 0. The normalized spacial score (nSPS) is 21.5. The first-order valence-corrected chi connectivity index (χ1v) is 9.87. The van der Waals surface area contributed by atoms with Crippen LogP contribution >= 0.6 is 0 Å². The lowest BCUT2D eigenvalue weighted by molar-refractivity contribution is -0.142. The van der Waals surface area contributed by atoms with Crippen LogP contribution in [-0.2, 0) is 16.1 Å². The smallest absolute Gasteiger partial charge is 0.245 e. The molecule has 3 rings (SSSR count). The summed E-state index contributed by atoms with van der Waals surface area (Å²) in [4.78, 5) is 29.2. The standard InChI is InChI=1S/C21H31N3O2/c1-16-3-5-18(6-4-16)15-24-19(7-8-20(24)25)21(26)23-13-10-17(11-14-23)9-12-22-2/h3-6,17,19,22H,7-15H2,1-2H3. The first kappa shape index (κ1) is 18.9. The Kier molecular flexibility index (Phi) is 6.30. The van der Waals surface area contributed by atoms with Crippen molar-refractivity contribution in [3.05, 3.63) is 35.4 Å². The zero-order valence-corrected chi connectivity index (χ0v) is 16.0. The Labute approximate surface area is 156 Å². The highest BCUT2D eigenvalue weighted by molar-refractivity contribution is 5.91. The van der Waals surface area contributed by atoms with Crippen LogP contribution in [0, 0.1) is 12.8 Å². The lowest BCUT2D eigenvalue weighted by atomic mass is 9.93. The quantitative estimate of drug-likeness (QED) is 0.850. The largest absolute Gasteiger partial charge is 0.341 e. The molecule has 0 saturated carbocycles. The second-order valence-electron chi connectivity index (χ2n) is 7.72. The van der Waals surface area contributed by atoms with Crippen LogP contribution in [0.1, 0.15) is 43.2 Å².